The molecule has 0 saturated carbocycles. The van der Waals surface area contributed by atoms with Gasteiger partial charge >= 0.3 is 0 Å². The number of hydrogen-bond acceptors (Lipinski definition) is 4. The molecule has 0 aromatic heterocycles. The fourth-order valence-corrected chi connectivity index (χ4v) is 2.18. The van der Waals surface area contributed by atoms with E-state index in [1.165, 1.54) is 0 Å². The molecule has 5 heteroatoms. The molecule has 0 fully saturated rings. The molecule has 1 N–H and O–H groups in total. The number of nitrogens with one attached hydrogen (secondary N) is 1. The third-order valence-corrected chi connectivity index (χ3v) is 3.34. The number of nitrogens with zero attached hydrogens (tertiary/aromatic N) is 1. The molecule has 126 valence electrons. The van der Waals surface area contributed by atoms with E-state index in [0.29, 0.717) is 11.5 Å². The van der Waals surface area contributed by atoms with E-state index < -0.39 is 0 Å². The van der Waals surface area contributed by atoms with Crippen molar-refractivity contribution < 1.29 is 14.3 Å². The van der Waals surface area contributed by atoms with Gasteiger partial charge in [-0.2, -0.15) is 5.10 Å². The molecule has 0 aliphatic rings. The highest BCUT2D eigenvalue weighted by Crippen LogP contribution is 2.25. The van der Waals surface area contributed by atoms with Crippen molar-refractivity contribution in [1.82, 2.24) is 5.43 Å². The van der Waals surface area contributed by atoms with Crippen molar-refractivity contribution in [3.8, 4) is 11.5 Å². The number of amides is 1. The molecular formula is C19H22N2O3. The number of carbonyl (C=O) groups excluding carboxylic acids is 1. The van der Waals surface area contributed by atoms with E-state index in [9.17, 15) is 4.79 Å². The van der Waals surface area contributed by atoms with Crippen molar-refractivity contribution in [2.45, 2.75) is 19.8 Å². The van der Waals surface area contributed by atoms with Crippen LogP contribution in [0.5, 0.6) is 11.5 Å². The summed E-state index contributed by atoms with van der Waals surface area (Å²) in [7, 11) is 1.56. The zero-order valence-electron chi connectivity index (χ0n) is 14.0. The van der Waals surface area contributed by atoms with E-state index in [1.807, 2.05) is 42.5 Å². The minimum Gasteiger partial charge on any atom is -0.493 e. The monoisotopic (exact) mass is 326 g/mol. The lowest BCUT2D eigenvalue weighted by atomic mass is 10.1. The van der Waals surface area contributed by atoms with Crippen LogP contribution in [0.25, 0.3) is 0 Å². The fourth-order valence-electron chi connectivity index (χ4n) is 2.18. The van der Waals surface area contributed by atoms with E-state index >= 15 is 0 Å². The molecule has 2 aromatic carbocycles. The van der Waals surface area contributed by atoms with Gasteiger partial charge in [0.15, 0.2) is 18.1 Å². The minimum absolute atomic E-state index is 0.127. The fraction of sp³-hybridized carbons (Fsp3) is 0.263. The van der Waals surface area contributed by atoms with E-state index in [2.05, 4.69) is 17.5 Å². The summed E-state index contributed by atoms with van der Waals surface area (Å²) in [5.74, 6) is 0.797. The Balaban J connectivity index is 1.95. The van der Waals surface area contributed by atoms with Gasteiger partial charge in [-0.25, -0.2) is 5.43 Å². The number of rotatable bonds is 8. The van der Waals surface area contributed by atoms with E-state index in [4.69, 9.17) is 9.47 Å². The molecular weight excluding hydrogens is 304 g/mol. The first-order valence-electron chi connectivity index (χ1n) is 7.91. The van der Waals surface area contributed by atoms with Crippen LogP contribution in [0.2, 0.25) is 0 Å². The Hall–Kier alpha value is -2.82. The molecule has 0 atom stereocenters. The van der Waals surface area contributed by atoms with Crippen LogP contribution in [0, 0.1) is 0 Å². The Labute approximate surface area is 142 Å². The minimum atomic E-state index is -0.314. The van der Waals surface area contributed by atoms with Crippen LogP contribution in [0.1, 0.15) is 25.3 Å². The predicted octanol–water partition coefficient (Wildman–Crippen LogP) is 3.39. The summed E-state index contributed by atoms with van der Waals surface area (Å²) in [6.07, 6.45) is 1.74. The third-order valence-electron chi connectivity index (χ3n) is 3.34. The topological polar surface area (TPSA) is 59.9 Å². The van der Waals surface area contributed by atoms with Gasteiger partial charge < -0.3 is 9.47 Å². The van der Waals surface area contributed by atoms with Crippen molar-refractivity contribution in [3.63, 3.8) is 0 Å². The summed E-state index contributed by atoms with van der Waals surface area (Å²) < 4.78 is 10.7. The lowest BCUT2D eigenvalue weighted by Gasteiger charge is -2.10. The van der Waals surface area contributed by atoms with Gasteiger partial charge in [-0.15, -0.1) is 0 Å². The molecule has 2 rings (SSSR count). The molecule has 0 saturated heterocycles. The summed E-state index contributed by atoms with van der Waals surface area (Å²) in [6, 6.07) is 17.0. The van der Waals surface area contributed by atoms with Gasteiger partial charge in [-0.05, 0) is 24.1 Å². The molecule has 0 unspecified atom stereocenters. The van der Waals surface area contributed by atoms with Crippen LogP contribution in [0.3, 0.4) is 0 Å². The lowest BCUT2D eigenvalue weighted by molar-refractivity contribution is -0.123. The number of carbonyl (C=O) groups is 1. The smallest absolute Gasteiger partial charge is 0.277 e. The van der Waals surface area contributed by atoms with E-state index in [-0.39, 0.29) is 12.5 Å². The Bertz CT molecular complexity index is 684. The van der Waals surface area contributed by atoms with Crippen LogP contribution in [-0.2, 0) is 4.79 Å². The van der Waals surface area contributed by atoms with Crippen molar-refractivity contribution >= 4 is 11.6 Å². The van der Waals surface area contributed by atoms with Crippen molar-refractivity contribution in [2.24, 2.45) is 5.10 Å². The molecule has 5 nitrogen and oxygen atoms in total. The van der Waals surface area contributed by atoms with Crippen LogP contribution in [0.4, 0.5) is 0 Å². The molecule has 0 heterocycles. The summed E-state index contributed by atoms with van der Waals surface area (Å²) in [5, 5.41) is 4.24. The number of benzene rings is 2. The normalized spacial score (nSPS) is 11.0. The van der Waals surface area contributed by atoms with Gasteiger partial charge in [-0.1, -0.05) is 55.8 Å². The van der Waals surface area contributed by atoms with E-state index in [1.54, 1.807) is 19.2 Å². The summed E-state index contributed by atoms with van der Waals surface area (Å²) in [4.78, 5) is 12.0. The molecule has 0 spiro atoms. The van der Waals surface area contributed by atoms with Crippen LogP contribution < -0.4 is 14.9 Å². The molecule has 0 aliphatic heterocycles. The first-order chi connectivity index (χ1) is 11.7. The summed E-state index contributed by atoms with van der Waals surface area (Å²) >= 11 is 0. The average Bonchev–Trinajstić information content (AvgIpc) is 2.64. The Morgan fingerprint density at radius 1 is 1.04 bits per heavy atom. The van der Waals surface area contributed by atoms with Crippen molar-refractivity contribution in [2.75, 3.05) is 13.7 Å². The van der Waals surface area contributed by atoms with Crippen molar-refractivity contribution in [3.05, 3.63) is 60.2 Å². The van der Waals surface area contributed by atoms with Gasteiger partial charge in [0.05, 0.1) is 12.8 Å². The van der Waals surface area contributed by atoms with Crippen molar-refractivity contribution in [1.29, 1.82) is 0 Å². The maximum Gasteiger partial charge on any atom is 0.277 e. The SMILES string of the molecule is CCC/C(=N\NC(=O)COc1ccccc1OC)c1ccccc1. The number of methoxy groups -OCH3 is 1. The first-order valence-corrected chi connectivity index (χ1v) is 7.91. The van der Waals surface area contributed by atoms with Crippen LogP contribution >= 0.6 is 0 Å². The number of hydrogen-bond donors (Lipinski definition) is 1. The van der Waals surface area contributed by atoms with Gasteiger partial charge in [0.25, 0.3) is 5.91 Å². The highest BCUT2D eigenvalue weighted by Gasteiger charge is 2.07. The molecule has 0 radical (unpaired) electrons. The van der Waals surface area contributed by atoms with Crippen LogP contribution in [0.15, 0.2) is 59.7 Å². The number of hydrazone groups is 1. The summed E-state index contributed by atoms with van der Waals surface area (Å²) in [6.45, 7) is 1.95. The van der Waals surface area contributed by atoms with E-state index in [0.717, 1.165) is 24.1 Å². The van der Waals surface area contributed by atoms with Crippen LogP contribution in [-0.4, -0.2) is 25.3 Å². The molecule has 24 heavy (non-hydrogen) atoms. The number of ether oxygens (including phenoxy) is 2. The highest BCUT2D eigenvalue weighted by atomic mass is 16.5. The quantitative estimate of drug-likeness (QED) is 0.597. The zero-order chi connectivity index (χ0) is 17.2. The Morgan fingerprint density at radius 2 is 1.71 bits per heavy atom. The predicted molar refractivity (Wildman–Crippen MR) is 94.5 cm³/mol. The van der Waals surface area contributed by atoms with Gasteiger partial charge in [0, 0.05) is 0 Å². The second-order valence-electron chi connectivity index (χ2n) is 5.15. The molecule has 2 aromatic rings. The first kappa shape index (κ1) is 17.5. The maximum atomic E-state index is 12.0. The summed E-state index contributed by atoms with van der Waals surface area (Å²) in [5.41, 5.74) is 4.41. The molecule has 0 bridgehead atoms. The standard InChI is InChI=1S/C19H22N2O3/c1-3-9-16(15-10-5-4-6-11-15)20-21-19(22)14-24-18-13-8-7-12-17(18)23-2/h4-8,10-13H,3,9,14H2,1-2H3,(H,21,22)/b20-16+. The maximum absolute atomic E-state index is 12.0. The third kappa shape index (κ3) is 5.12. The van der Waals surface area contributed by atoms with Gasteiger partial charge in [0.2, 0.25) is 0 Å². The van der Waals surface area contributed by atoms with Gasteiger partial charge in [0.1, 0.15) is 0 Å². The van der Waals surface area contributed by atoms with Gasteiger partial charge in [-0.3, -0.25) is 4.79 Å². The number of para-hydroxylation sites is 2. The zero-order valence-corrected chi connectivity index (χ0v) is 14.0. The second-order valence-corrected chi connectivity index (χ2v) is 5.15. The lowest BCUT2D eigenvalue weighted by Crippen LogP contribution is -2.26. The average molecular weight is 326 g/mol. The second kappa shape index (κ2) is 9.35. The molecule has 0 aliphatic carbocycles. The molecule has 1 amide bonds. The largest absolute Gasteiger partial charge is 0.493 e. The Morgan fingerprint density at radius 3 is 2.38 bits per heavy atom. The highest BCUT2D eigenvalue weighted by molar-refractivity contribution is 6.01. The Kier molecular flexibility index (Phi) is 6.83.